The van der Waals surface area contributed by atoms with Gasteiger partial charge in [0.1, 0.15) is 12.2 Å². The van der Waals surface area contributed by atoms with E-state index in [-0.39, 0.29) is 11.9 Å². The van der Waals surface area contributed by atoms with E-state index in [4.69, 9.17) is 9.47 Å². The summed E-state index contributed by atoms with van der Waals surface area (Å²) in [6.45, 7) is 7.95. The molecule has 0 spiro atoms. The van der Waals surface area contributed by atoms with E-state index in [1.807, 2.05) is 58.0 Å². The first-order valence-corrected chi connectivity index (χ1v) is 12.8. The van der Waals surface area contributed by atoms with Gasteiger partial charge in [-0.25, -0.2) is 9.59 Å². The van der Waals surface area contributed by atoms with Crippen molar-refractivity contribution in [2.75, 3.05) is 0 Å². The highest BCUT2D eigenvalue weighted by atomic mass is 16.6. The summed E-state index contributed by atoms with van der Waals surface area (Å²) in [7, 11) is 0. The molecule has 180 valence electrons. The van der Waals surface area contributed by atoms with Crippen LogP contribution in [0.15, 0.2) is 36.4 Å². The molecule has 2 bridgehead atoms. The van der Waals surface area contributed by atoms with Crippen LogP contribution in [-0.2, 0) is 9.47 Å². The van der Waals surface area contributed by atoms with Crippen molar-refractivity contribution in [2.45, 2.75) is 78.4 Å². The van der Waals surface area contributed by atoms with Gasteiger partial charge in [-0.15, -0.1) is 0 Å². The lowest BCUT2D eigenvalue weighted by atomic mass is 9.64. The second kappa shape index (κ2) is 9.20. The molecule has 5 rings (SSSR count). The minimum atomic E-state index is -0.401. The van der Waals surface area contributed by atoms with Crippen molar-refractivity contribution in [2.24, 2.45) is 23.7 Å². The molecular formula is C30H36O4. The van der Waals surface area contributed by atoms with Gasteiger partial charge in [0.2, 0.25) is 0 Å². The monoisotopic (exact) mass is 460 g/mol. The largest absolute Gasteiger partial charge is 0.455 e. The number of benzene rings is 2. The summed E-state index contributed by atoms with van der Waals surface area (Å²) in [5.74, 6) is 2.02. The molecule has 0 N–H and O–H groups in total. The minimum absolute atomic E-state index is 0.317. The molecule has 0 aromatic heterocycles. The SMILES string of the molecule is Cc1cc(C)cc(C(=O)OC2CC3CC4CCC(C4)C3CC2OC(=O)c2cc(C)cc(C)c2)c1. The molecule has 2 aromatic carbocycles. The molecule has 6 atom stereocenters. The molecule has 3 aliphatic rings. The summed E-state index contributed by atoms with van der Waals surface area (Å²) in [6.07, 6.45) is 5.92. The van der Waals surface area contributed by atoms with Crippen LogP contribution in [-0.4, -0.2) is 24.1 Å². The third kappa shape index (κ3) is 4.78. The number of aryl methyl sites for hydroxylation is 4. The normalized spacial score (nSPS) is 29.9. The number of carbonyl (C=O) groups is 2. The number of carbonyl (C=O) groups excluding carboxylic acids is 2. The summed E-state index contributed by atoms with van der Waals surface area (Å²) >= 11 is 0. The zero-order valence-corrected chi connectivity index (χ0v) is 20.8. The Morgan fingerprint density at radius 1 is 0.618 bits per heavy atom. The lowest BCUT2D eigenvalue weighted by molar-refractivity contribution is -0.0891. The van der Waals surface area contributed by atoms with Crippen molar-refractivity contribution >= 4 is 11.9 Å². The van der Waals surface area contributed by atoms with Gasteiger partial charge >= 0.3 is 11.9 Å². The minimum Gasteiger partial charge on any atom is -0.455 e. The van der Waals surface area contributed by atoms with Gasteiger partial charge in [0, 0.05) is 0 Å². The maximum atomic E-state index is 13.2. The van der Waals surface area contributed by atoms with E-state index in [2.05, 4.69) is 6.07 Å². The van der Waals surface area contributed by atoms with E-state index in [1.165, 1.54) is 25.7 Å². The van der Waals surface area contributed by atoms with Crippen molar-refractivity contribution in [3.8, 4) is 0 Å². The van der Waals surface area contributed by atoms with E-state index in [0.717, 1.165) is 46.9 Å². The van der Waals surface area contributed by atoms with Crippen LogP contribution in [0.2, 0.25) is 0 Å². The van der Waals surface area contributed by atoms with Gasteiger partial charge < -0.3 is 9.47 Å². The number of rotatable bonds is 4. The second-order valence-electron chi connectivity index (χ2n) is 11.2. The highest BCUT2D eigenvalue weighted by molar-refractivity contribution is 5.91. The molecule has 3 aliphatic carbocycles. The number of hydrogen-bond acceptors (Lipinski definition) is 4. The Hall–Kier alpha value is -2.62. The standard InChI is InChI=1S/C30H36O4/c1-17-7-18(2)10-24(9-17)29(31)33-27-15-23-14-21-5-6-22(13-21)26(23)16-28(27)34-30(32)25-11-19(3)8-20(4)12-25/h7-12,21-23,26-28H,5-6,13-16H2,1-4H3. The van der Waals surface area contributed by atoms with E-state index < -0.39 is 12.2 Å². The Balaban J connectivity index is 1.38. The first-order valence-electron chi connectivity index (χ1n) is 12.8. The number of fused-ring (bicyclic) bond motifs is 4. The van der Waals surface area contributed by atoms with Gasteiger partial charge in [-0.3, -0.25) is 0 Å². The average molecular weight is 461 g/mol. The van der Waals surface area contributed by atoms with Crippen molar-refractivity contribution < 1.29 is 19.1 Å². The van der Waals surface area contributed by atoms with Crippen LogP contribution in [0, 0.1) is 51.4 Å². The van der Waals surface area contributed by atoms with Gasteiger partial charge in [-0.1, -0.05) is 40.8 Å². The molecule has 3 fully saturated rings. The van der Waals surface area contributed by atoms with Gasteiger partial charge in [-0.2, -0.15) is 0 Å². The summed E-state index contributed by atoms with van der Waals surface area (Å²) < 4.78 is 12.2. The molecule has 4 heteroatoms. The van der Waals surface area contributed by atoms with Crippen LogP contribution in [0.1, 0.15) is 81.5 Å². The molecule has 34 heavy (non-hydrogen) atoms. The molecule has 0 heterocycles. The lowest BCUT2D eigenvalue weighted by Gasteiger charge is -2.45. The highest BCUT2D eigenvalue weighted by Crippen LogP contribution is 2.54. The van der Waals surface area contributed by atoms with Gasteiger partial charge in [0.25, 0.3) is 0 Å². The molecule has 0 saturated heterocycles. The number of hydrogen-bond donors (Lipinski definition) is 0. The first-order chi connectivity index (χ1) is 16.2. The highest BCUT2D eigenvalue weighted by Gasteiger charge is 2.49. The summed E-state index contributed by atoms with van der Waals surface area (Å²) in [5, 5.41) is 0. The maximum Gasteiger partial charge on any atom is 0.338 e. The predicted octanol–water partition coefficient (Wildman–Crippen LogP) is 6.52. The van der Waals surface area contributed by atoms with Crippen LogP contribution in [0.4, 0.5) is 0 Å². The fourth-order valence-electron chi connectivity index (χ4n) is 7.07. The van der Waals surface area contributed by atoms with Gasteiger partial charge in [0.05, 0.1) is 11.1 Å². The van der Waals surface area contributed by atoms with Gasteiger partial charge in [0.15, 0.2) is 0 Å². The quantitative estimate of drug-likeness (QED) is 0.488. The fraction of sp³-hybridized carbons (Fsp3) is 0.533. The first kappa shape index (κ1) is 23.1. The van der Waals surface area contributed by atoms with Crippen LogP contribution in [0.3, 0.4) is 0 Å². The average Bonchev–Trinajstić information content (AvgIpc) is 3.15. The molecule has 0 radical (unpaired) electrons. The Labute approximate surface area is 203 Å². The van der Waals surface area contributed by atoms with E-state index in [1.54, 1.807) is 0 Å². The van der Waals surface area contributed by atoms with Crippen LogP contribution in [0.5, 0.6) is 0 Å². The van der Waals surface area contributed by atoms with Crippen LogP contribution in [0.25, 0.3) is 0 Å². The van der Waals surface area contributed by atoms with Crippen LogP contribution >= 0.6 is 0 Å². The molecule has 0 amide bonds. The van der Waals surface area contributed by atoms with E-state index >= 15 is 0 Å². The smallest absolute Gasteiger partial charge is 0.338 e. The van der Waals surface area contributed by atoms with E-state index in [0.29, 0.717) is 23.0 Å². The summed E-state index contributed by atoms with van der Waals surface area (Å²) in [4.78, 5) is 26.3. The molecule has 2 aromatic rings. The molecule has 0 aliphatic heterocycles. The zero-order chi connectivity index (χ0) is 24.0. The predicted molar refractivity (Wildman–Crippen MR) is 132 cm³/mol. The van der Waals surface area contributed by atoms with Crippen molar-refractivity contribution in [3.63, 3.8) is 0 Å². The van der Waals surface area contributed by atoms with Crippen LogP contribution < -0.4 is 0 Å². The Kier molecular flexibility index (Phi) is 6.26. The summed E-state index contributed by atoms with van der Waals surface area (Å²) in [5.41, 5.74) is 5.30. The Bertz CT molecular complexity index is 1060. The zero-order valence-electron chi connectivity index (χ0n) is 20.8. The molecule has 4 nitrogen and oxygen atoms in total. The lowest BCUT2D eigenvalue weighted by Crippen LogP contribution is -2.47. The Morgan fingerprint density at radius 3 is 1.62 bits per heavy atom. The fourth-order valence-corrected chi connectivity index (χ4v) is 7.07. The van der Waals surface area contributed by atoms with Crippen molar-refractivity contribution in [3.05, 3.63) is 69.8 Å². The third-order valence-electron chi connectivity index (χ3n) is 8.31. The van der Waals surface area contributed by atoms with Crippen molar-refractivity contribution in [1.29, 1.82) is 0 Å². The third-order valence-corrected chi connectivity index (χ3v) is 8.31. The number of esters is 2. The summed E-state index contributed by atoms with van der Waals surface area (Å²) in [6, 6.07) is 11.6. The molecule has 3 saturated carbocycles. The maximum absolute atomic E-state index is 13.2. The molecule has 6 unspecified atom stereocenters. The van der Waals surface area contributed by atoms with Crippen molar-refractivity contribution in [1.82, 2.24) is 0 Å². The topological polar surface area (TPSA) is 52.6 Å². The molecular weight excluding hydrogens is 424 g/mol. The van der Waals surface area contributed by atoms with E-state index in [9.17, 15) is 9.59 Å². The number of ether oxygens (including phenoxy) is 2. The van der Waals surface area contributed by atoms with Gasteiger partial charge in [-0.05, 0) is 108 Å². The second-order valence-corrected chi connectivity index (χ2v) is 11.2. The Morgan fingerprint density at radius 2 is 1.09 bits per heavy atom.